The number of fused-ring (bicyclic) bond motifs is 6. The highest BCUT2D eigenvalue weighted by molar-refractivity contribution is 6.10. The lowest BCUT2D eigenvalue weighted by Crippen LogP contribution is -1.96. The molecule has 0 bridgehead atoms. The number of rotatable bonds is 4. The molecule has 0 unspecified atom stereocenters. The third-order valence-corrected chi connectivity index (χ3v) is 8.69. The van der Waals surface area contributed by atoms with Gasteiger partial charge in [0.15, 0.2) is 5.82 Å². The maximum absolute atomic E-state index is 6.16. The standard InChI is InChI=1S/C42H26N2O/c1-2-9-27(10-3-1)31-12-8-13-33(25-31)40-37-24-21-29-11-4-5-14-34(29)41(37)44-42(43-40)30-19-17-28(18-20-30)32-22-23-36-35-15-6-7-16-38(35)45-39(36)26-32/h1-26H. The van der Waals surface area contributed by atoms with Crippen molar-refractivity contribution in [3.8, 4) is 44.9 Å². The van der Waals surface area contributed by atoms with Gasteiger partial charge in [0, 0.05) is 32.7 Å². The minimum Gasteiger partial charge on any atom is -0.456 e. The number of nitrogens with zero attached hydrogens (tertiary/aromatic N) is 2. The zero-order valence-corrected chi connectivity index (χ0v) is 24.3. The summed E-state index contributed by atoms with van der Waals surface area (Å²) in [6.07, 6.45) is 0. The Balaban J connectivity index is 1.18. The molecule has 0 saturated carbocycles. The van der Waals surface area contributed by atoms with Crippen LogP contribution in [0.4, 0.5) is 0 Å². The van der Waals surface area contributed by atoms with Gasteiger partial charge in [0.25, 0.3) is 0 Å². The Kier molecular flexibility index (Phi) is 5.82. The van der Waals surface area contributed by atoms with Gasteiger partial charge in [0.2, 0.25) is 0 Å². The van der Waals surface area contributed by atoms with Crippen molar-refractivity contribution in [2.24, 2.45) is 0 Å². The smallest absolute Gasteiger partial charge is 0.160 e. The van der Waals surface area contributed by atoms with Crippen molar-refractivity contribution in [2.45, 2.75) is 0 Å². The average Bonchev–Trinajstić information content (AvgIpc) is 3.49. The second-order valence-corrected chi connectivity index (χ2v) is 11.4. The van der Waals surface area contributed by atoms with Crippen molar-refractivity contribution in [1.29, 1.82) is 0 Å². The Hall–Kier alpha value is -6.06. The summed E-state index contributed by atoms with van der Waals surface area (Å²) in [6, 6.07) is 55.0. The molecule has 0 radical (unpaired) electrons. The van der Waals surface area contributed by atoms with Gasteiger partial charge in [-0.1, -0.05) is 127 Å². The molecule has 210 valence electrons. The molecule has 0 N–H and O–H groups in total. The molecule has 3 heteroatoms. The van der Waals surface area contributed by atoms with Crippen LogP contribution in [0.15, 0.2) is 162 Å². The Morgan fingerprint density at radius 3 is 1.87 bits per heavy atom. The molecule has 0 aliphatic rings. The highest BCUT2D eigenvalue weighted by atomic mass is 16.3. The van der Waals surface area contributed by atoms with Crippen LogP contribution in [-0.2, 0) is 0 Å². The van der Waals surface area contributed by atoms with Gasteiger partial charge in [-0.05, 0) is 58.0 Å². The lowest BCUT2D eigenvalue weighted by molar-refractivity contribution is 0.669. The number of benzene rings is 7. The molecular weight excluding hydrogens is 548 g/mol. The third kappa shape index (κ3) is 4.37. The van der Waals surface area contributed by atoms with Crippen molar-refractivity contribution in [2.75, 3.05) is 0 Å². The van der Waals surface area contributed by atoms with E-state index in [1.165, 1.54) is 5.56 Å². The lowest BCUT2D eigenvalue weighted by Gasteiger charge is -2.13. The normalized spacial score (nSPS) is 11.6. The van der Waals surface area contributed by atoms with Crippen LogP contribution in [0.25, 0.3) is 88.5 Å². The highest BCUT2D eigenvalue weighted by Crippen LogP contribution is 2.36. The first kappa shape index (κ1) is 25.4. The molecule has 3 nitrogen and oxygen atoms in total. The van der Waals surface area contributed by atoms with Crippen molar-refractivity contribution >= 4 is 43.6 Å². The monoisotopic (exact) mass is 574 g/mol. The zero-order chi connectivity index (χ0) is 29.7. The van der Waals surface area contributed by atoms with Gasteiger partial charge in [-0.3, -0.25) is 0 Å². The average molecular weight is 575 g/mol. The van der Waals surface area contributed by atoms with Crippen LogP contribution in [0.2, 0.25) is 0 Å². The molecular formula is C42H26N2O. The first-order valence-corrected chi connectivity index (χ1v) is 15.2. The predicted octanol–water partition coefficient (Wildman–Crippen LogP) is 11.4. The van der Waals surface area contributed by atoms with Crippen LogP contribution < -0.4 is 0 Å². The maximum Gasteiger partial charge on any atom is 0.160 e. The van der Waals surface area contributed by atoms with Crippen LogP contribution in [0.3, 0.4) is 0 Å². The van der Waals surface area contributed by atoms with Crippen molar-refractivity contribution in [1.82, 2.24) is 9.97 Å². The molecule has 2 heterocycles. The van der Waals surface area contributed by atoms with Crippen LogP contribution in [0.1, 0.15) is 0 Å². The van der Waals surface area contributed by atoms with E-state index in [2.05, 4.69) is 133 Å². The van der Waals surface area contributed by atoms with Gasteiger partial charge in [-0.15, -0.1) is 0 Å². The maximum atomic E-state index is 6.16. The molecule has 7 aromatic carbocycles. The quantitative estimate of drug-likeness (QED) is 0.196. The van der Waals surface area contributed by atoms with E-state index in [4.69, 9.17) is 14.4 Å². The van der Waals surface area contributed by atoms with Gasteiger partial charge in [0.1, 0.15) is 11.2 Å². The van der Waals surface area contributed by atoms with Gasteiger partial charge in [-0.25, -0.2) is 9.97 Å². The molecule has 0 aliphatic heterocycles. The fourth-order valence-electron chi connectivity index (χ4n) is 6.41. The first-order chi connectivity index (χ1) is 22.3. The summed E-state index contributed by atoms with van der Waals surface area (Å²) < 4.78 is 6.16. The summed E-state index contributed by atoms with van der Waals surface area (Å²) in [7, 11) is 0. The number of hydrogen-bond donors (Lipinski definition) is 0. The highest BCUT2D eigenvalue weighted by Gasteiger charge is 2.15. The van der Waals surface area contributed by atoms with Crippen molar-refractivity contribution < 1.29 is 4.42 Å². The number of hydrogen-bond acceptors (Lipinski definition) is 3. The van der Waals surface area contributed by atoms with E-state index in [9.17, 15) is 0 Å². The summed E-state index contributed by atoms with van der Waals surface area (Å²) in [5.41, 5.74) is 10.3. The minimum absolute atomic E-state index is 0.707. The molecule has 0 aliphatic carbocycles. The molecule has 0 spiro atoms. The Labute approximate surface area is 260 Å². The van der Waals surface area contributed by atoms with E-state index in [0.717, 1.165) is 77.1 Å². The third-order valence-electron chi connectivity index (χ3n) is 8.69. The largest absolute Gasteiger partial charge is 0.456 e. The van der Waals surface area contributed by atoms with Gasteiger partial charge in [-0.2, -0.15) is 0 Å². The summed E-state index contributed by atoms with van der Waals surface area (Å²) in [6.45, 7) is 0. The topological polar surface area (TPSA) is 38.9 Å². The molecule has 0 atom stereocenters. The number of aromatic nitrogens is 2. The summed E-state index contributed by atoms with van der Waals surface area (Å²) in [5.74, 6) is 0.707. The second kappa shape index (κ2) is 10.3. The van der Waals surface area contributed by atoms with E-state index >= 15 is 0 Å². The predicted molar refractivity (Wildman–Crippen MR) is 186 cm³/mol. The minimum atomic E-state index is 0.707. The molecule has 45 heavy (non-hydrogen) atoms. The molecule has 2 aromatic heterocycles. The summed E-state index contributed by atoms with van der Waals surface area (Å²) in [5, 5.41) is 5.59. The van der Waals surface area contributed by atoms with Gasteiger partial charge in [0.05, 0.1) is 11.2 Å². The number of para-hydroxylation sites is 1. The van der Waals surface area contributed by atoms with Crippen LogP contribution >= 0.6 is 0 Å². The fraction of sp³-hybridized carbons (Fsp3) is 0. The van der Waals surface area contributed by atoms with Crippen LogP contribution in [-0.4, -0.2) is 9.97 Å². The lowest BCUT2D eigenvalue weighted by atomic mass is 9.98. The van der Waals surface area contributed by atoms with Crippen LogP contribution in [0.5, 0.6) is 0 Å². The van der Waals surface area contributed by atoms with E-state index in [-0.39, 0.29) is 0 Å². The first-order valence-electron chi connectivity index (χ1n) is 15.2. The molecule has 9 rings (SSSR count). The van der Waals surface area contributed by atoms with E-state index in [0.29, 0.717) is 5.82 Å². The second-order valence-electron chi connectivity index (χ2n) is 11.4. The Morgan fingerprint density at radius 2 is 0.978 bits per heavy atom. The van der Waals surface area contributed by atoms with E-state index in [1.54, 1.807) is 0 Å². The molecule has 0 saturated heterocycles. The Morgan fingerprint density at radius 1 is 0.356 bits per heavy atom. The van der Waals surface area contributed by atoms with E-state index in [1.807, 2.05) is 24.3 Å². The zero-order valence-electron chi connectivity index (χ0n) is 24.3. The van der Waals surface area contributed by atoms with Crippen molar-refractivity contribution in [3.63, 3.8) is 0 Å². The van der Waals surface area contributed by atoms with Crippen molar-refractivity contribution in [3.05, 3.63) is 158 Å². The van der Waals surface area contributed by atoms with Gasteiger partial charge >= 0.3 is 0 Å². The van der Waals surface area contributed by atoms with Crippen LogP contribution in [0, 0.1) is 0 Å². The molecule has 9 aromatic rings. The van der Waals surface area contributed by atoms with E-state index < -0.39 is 0 Å². The SMILES string of the molecule is c1ccc(-c2cccc(-c3nc(-c4ccc(-c5ccc6c(c5)oc5ccccc56)cc4)nc4c3ccc3ccccc34)c2)cc1. The van der Waals surface area contributed by atoms with Gasteiger partial charge < -0.3 is 4.42 Å². The molecule has 0 amide bonds. The summed E-state index contributed by atoms with van der Waals surface area (Å²) >= 11 is 0. The fourth-order valence-corrected chi connectivity index (χ4v) is 6.41. The summed E-state index contributed by atoms with van der Waals surface area (Å²) in [4.78, 5) is 10.4. The number of furan rings is 1. The molecule has 0 fully saturated rings. The Bertz CT molecular complexity index is 2530.